The molecule has 0 bridgehead atoms. The second kappa shape index (κ2) is 8.97. The van der Waals surface area contributed by atoms with Gasteiger partial charge in [-0.05, 0) is 75.4 Å². The lowest BCUT2D eigenvalue weighted by molar-refractivity contribution is 0.295. The van der Waals surface area contributed by atoms with Gasteiger partial charge in [0, 0.05) is 17.1 Å². The summed E-state index contributed by atoms with van der Waals surface area (Å²) in [6.45, 7) is 5.07. The maximum Gasteiger partial charge on any atom is 0.123 e. The largest absolute Gasteiger partial charge is 0.493 e. The first kappa shape index (κ1) is 17.9. The molecule has 0 amide bonds. The van der Waals surface area contributed by atoms with Crippen LogP contribution < -0.4 is 15.4 Å². The summed E-state index contributed by atoms with van der Waals surface area (Å²) in [5, 5.41) is 7.77. The molecule has 1 aliphatic carbocycles. The molecule has 0 radical (unpaired) electrons. The van der Waals surface area contributed by atoms with Crippen LogP contribution in [0, 0.1) is 11.8 Å². The van der Waals surface area contributed by atoms with Crippen molar-refractivity contribution in [2.75, 3.05) is 26.2 Å². The van der Waals surface area contributed by atoms with Crippen LogP contribution in [0.2, 0.25) is 5.02 Å². The van der Waals surface area contributed by atoms with Gasteiger partial charge in [-0.2, -0.15) is 0 Å². The molecule has 0 spiro atoms. The quantitative estimate of drug-likeness (QED) is 0.792. The van der Waals surface area contributed by atoms with Crippen LogP contribution in [0.5, 0.6) is 5.75 Å². The second-order valence-corrected chi connectivity index (χ2v) is 6.77. The van der Waals surface area contributed by atoms with Crippen molar-refractivity contribution in [3.05, 3.63) is 28.8 Å². The topological polar surface area (TPSA) is 33.3 Å². The molecule has 2 fully saturated rings. The van der Waals surface area contributed by atoms with E-state index in [4.69, 9.17) is 16.3 Å². The fourth-order valence-electron chi connectivity index (χ4n) is 2.82. The molecule has 124 valence electrons. The summed E-state index contributed by atoms with van der Waals surface area (Å²) in [5.41, 5.74) is 1.18. The van der Waals surface area contributed by atoms with Gasteiger partial charge in [0.05, 0.1) is 6.61 Å². The fraction of sp³-hybridized carbons (Fsp3) is 0.647. The van der Waals surface area contributed by atoms with Crippen LogP contribution in [-0.4, -0.2) is 26.2 Å². The molecule has 22 heavy (non-hydrogen) atoms. The van der Waals surface area contributed by atoms with Crippen molar-refractivity contribution in [2.45, 2.75) is 32.2 Å². The highest BCUT2D eigenvalue weighted by Gasteiger charge is 2.22. The minimum Gasteiger partial charge on any atom is -0.493 e. The molecular formula is C17H26Cl2N2O. The molecule has 3 nitrogen and oxygen atoms in total. The van der Waals surface area contributed by atoms with Gasteiger partial charge in [-0.15, -0.1) is 12.4 Å². The molecular weight excluding hydrogens is 319 g/mol. The average Bonchev–Trinajstić information content (AvgIpc) is 3.32. The highest BCUT2D eigenvalue weighted by molar-refractivity contribution is 6.30. The first-order valence-corrected chi connectivity index (χ1v) is 8.52. The van der Waals surface area contributed by atoms with Crippen LogP contribution in [-0.2, 0) is 6.54 Å². The number of nitrogens with one attached hydrogen (secondary N) is 2. The van der Waals surface area contributed by atoms with E-state index in [9.17, 15) is 0 Å². The van der Waals surface area contributed by atoms with Crippen LogP contribution in [0.15, 0.2) is 18.2 Å². The van der Waals surface area contributed by atoms with Gasteiger partial charge in [0.25, 0.3) is 0 Å². The molecule has 1 saturated carbocycles. The Hall–Kier alpha value is -0.480. The molecule has 3 rings (SSSR count). The van der Waals surface area contributed by atoms with E-state index in [2.05, 4.69) is 10.6 Å². The maximum absolute atomic E-state index is 6.13. The van der Waals surface area contributed by atoms with Crippen molar-refractivity contribution < 1.29 is 4.74 Å². The van der Waals surface area contributed by atoms with Crippen LogP contribution in [0.3, 0.4) is 0 Å². The Bertz CT molecular complexity index is 460. The van der Waals surface area contributed by atoms with E-state index in [1.54, 1.807) is 0 Å². The number of hydrogen-bond acceptors (Lipinski definition) is 3. The third kappa shape index (κ3) is 5.62. The lowest BCUT2D eigenvalue weighted by Gasteiger charge is -2.23. The van der Waals surface area contributed by atoms with E-state index in [-0.39, 0.29) is 12.4 Å². The van der Waals surface area contributed by atoms with Gasteiger partial charge < -0.3 is 15.4 Å². The zero-order valence-corrected chi connectivity index (χ0v) is 14.5. The zero-order chi connectivity index (χ0) is 14.5. The van der Waals surface area contributed by atoms with Gasteiger partial charge in [0.15, 0.2) is 0 Å². The number of halogens is 2. The number of ether oxygens (including phenoxy) is 1. The summed E-state index contributed by atoms with van der Waals surface area (Å²) in [5.74, 6) is 2.56. The normalized spacial score (nSPS) is 18.8. The van der Waals surface area contributed by atoms with Crippen molar-refractivity contribution in [3.8, 4) is 5.75 Å². The first-order chi connectivity index (χ1) is 10.3. The van der Waals surface area contributed by atoms with Crippen LogP contribution in [0.25, 0.3) is 0 Å². The smallest absolute Gasteiger partial charge is 0.123 e. The number of benzene rings is 1. The van der Waals surface area contributed by atoms with Crippen LogP contribution >= 0.6 is 24.0 Å². The van der Waals surface area contributed by atoms with Crippen molar-refractivity contribution in [1.82, 2.24) is 10.6 Å². The van der Waals surface area contributed by atoms with E-state index in [0.29, 0.717) is 0 Å². The predicted octanol–water partition coefficient (Wildman–Crippen LogP) is 3.64. The molecule has 1 aromatic rings. The first-order valence-electron chi connectivity index (χ1n) is 8.14. The van der Waals surface area contributed by atoms with Gasteiger partial charge in [0.1, 0.15) is 5.75 Å². The van der Waals surface area contributed by atoms with Gasteiger partial charge in [-0.3, -0.25) is 0 Å². The highest BCUT2D eigenvalue weighted by atomic mass is 35.5. The molecule has 0 atom stereocenters. The Morgan fingerprint density at radius 1 is 1.14 bits per heavy atom. The van der Waals surface area contributed by atoms with Crippen molar-refractivity contribution >= 4 is 24.0 Å². The molecule has 2 aliphatic rings. The molecule has 1 aliphatic heterocycles. The van der Waals surface area contributed by atoms with Crippen molar-refractivity contribution in [3.63, 3.8) is 0 Å². The summed E-state index contributed by atoms with van der Waals surface area (Å²) >= 11 is 6.13. The van der Waals surface area contributed by atoms with Gasteiger partial charge >= 0.3 is 0 Å². The number of piperidine rings is 1. The minimum atomic E-state index is 0. The molecule has 0 aromatic heterocycles. The van der Waals surface area contributed by atoms with E-state index in [1.807, 2.05) is 18.2 Å². The van der Waals surface area contributed by atoms with E-state index >= 15 is 0 Å². The summed E-state index contributed by atoms with van der Waals surface area (Å²) in [6, 6.07) is 5.95. The molecule has 5 heteroatoms. The lowest BCUT2D eigenvalue weighted by Crippen LogP contribution is -2.33. The van der Waals surface area contributed by atoms with Crippen LogP contribution in [0.4, 0.5) is 0 Å². The maximum atomic E-state index is 6.13. The van der Waals surface area contributed by atoms with E-state index < -0.39 is 0 Å². The molecule has 0 unspecified atom stereocenters. The van der Waals surface area contributed by atoms with E-state index in [0.717, 1.165) is 55.4 Å². The third-order valence-electron chi connectivity index (χ3n) is 4.40. The number of hydrogen-bond donors (Lipinski definition) is 2. The minimum absolute atomic E-state index is 0. The molecule has 2 N–H and O–H groups in total. The average molecular weight is 345 g/mol. The summed E-state index contributed by atoms with van der Waals surface area (Å²) < 4.78 is 5.95. The Kier molecular flexibility index (Phi) is 7.29. The fourth-order valence-corrected chi connectivity index (χ4v) is 3.01. The summed E-state index contributed by atoms with van der Waals surface area (Å²) in [6.07, 6.45) is 5.18. The molecule has 1 heterocycles. The predicted molar refractivity (Wildman–Crippen MR) is 94.2 cm³/mol. The number of rotatable bonds is 7. The SMILES string of the molecule is Cl.Clc1ccc(OCC2CC2)c(CNCC2CCNCC2)c1. The Balaban J connectivity index is 0.00000176. The second-order valence-electron chi connectivity index (χ2n) is 6.33. The molecule has 1 saturated heterocycles. The molecule has 1 aromatic carbocycles. The van der Waals surface area contributed by atoms with Crippen molar-refractivity contribution in [1.29, 1.82) is 0 Å². The third-order valence-corrected chi connectivity index (χ3v) is 4.64. The van der Waals surface area contributed by atoms with E-state index in [1.165, 1.54) is 31.2 Å². The van der Waals surface area contributed by atoms with Crippen LogP contribution in [0.1, 0.15) is 31.2 Å². The lowest BCUT2D eigenvalue weighted by atomic mass is 9.98. The zero-order valence-electron chi connectivity index (χ0n) is 12.9. The summed E-state index contributed by atoms with van der Waals surface area (Å²) in [7, 11) is 0. The summed E-state index contributed by atoms with van der Waals surface area (Å²) in [4.78, 5) is 0. The standard InChI is InChI=1S/C17H25ClN2O.ClH/c18-16-3-4-17(21-12-14-1-2-14)15(9-16)11-20-10-13-5-7-19-8-6-13;/h3-4,9,13-14,19-20H,1-2,5-8,10-12H2;1H. The Morgan fingerprint density at radius 2 is 1.91 bits per heavy atom. The van der Waals surface area contributed by atoms with Gasteiger partial charge in [-0.25, -0.2) is 0 Å². The highest BCUT2D eigenvalue weighted by Crippen LogP contribution is 2.31. The Labute approximate surface area is 144 Å². The van der Waals surface area contributed by atoms with Crippen molar-refractivity contribution in [2.24, 2.45) is 11.8 Å². The monoisotopic (exact) mass is 344 g/mol. The van der Waals surface area contributed by atoms with Gasteiger partial charge in [-0.1, -0.05) is 11.6 Å². The Morgan fingerprint density at radius 3 is 2.64 bits per heavy atom. The van der Waals surface area contributed by atoms with Gasteiger partial charge in [0.2, 0.25) is 0 Å².